The number of carbonyl (C=O) groups is 1. The van der Waals surface area contributed by atoms with Gasteiger partial charge in [0, 0.05) is 23.5 Å². The fourth-order valence-electron chi connectivity index (χ4n) is 1.64. The third-order valence-corrected chi connectivity index (χ3v) is 2.96. The fraction of sp³-hybridized carbons (Fsp3) is 0.462. The van der Waals surface area contributed by atoms with Crippen molar-refractivity contribution in [3.63, 3.8) is 0 Å². The molecule has 1 amide bonds. The van der Waals surface area contributed by atoms with E-state index in [0.717, 1.165) is 0 Å². The second-order valence-electron chi connectivity index (χ2n) is 4.13. The van der Waals surface area contributed by atoms with Gasteiger partial charge in [0.05, 0.1) is 7.11 Å². The minimum atomic E-state index is -0.467. The third kappa shape index (κ3) is 3.45. The zero-order valence-corrected chi connectivity index (χ0v) is 12.3. The van der Waals surface area contributed by atoms with Crippen LogP contribution in [-0.2, 0) is 0 Å². The van der Waals surface area contributed by atoms with Crippen LogP contribution < -0.4 is 4.74 Å². The SMILES string of the molecule is COc1cc(C(=O)N(CCBr)C(C)C)ccc1F. The summed E-state index contributed by atoms with van der Waals surface area (Å²) in [5.41, 5.74) is 0.433. The molecule has 0 fully saturated rings. The molecule has 0 atom stereocenters. The Kier molecular flexibility index (Phi) is 5.59. The van der Waals surface area contributed by atoms with Crippen LogP contribution in [0, 0.1) is 5.82 Å². The molecule has 0 saturated heterocycles. The van der Waals surface area contributed by atoms with Crippen molar-refractivity contribution in [2.75, 3.05) is 19.0 Å². The van der Waals surface area contributed by atoms with Gasteiger partial charge in [0.25, 0.3) is 5.91 Å². The highest BCUT2D eigenvalue weighted by Crippen LogP contribution is 2.20. The molecule has 0 spiro atoms. The molecule has 0 radical (unpaired) electrons. The average Bonchev–Trinajstić information content (AvgIpc) is 2.35. The molecule has 0 N–H and O–H groups in total. The van der Waals surface area contributed by atoms with Gasteiger partial charge in [0.2, 0.25) is 0 Å². The van der Waals surface area contributed by atoms with E-state index < -0.39 is 5.82 Å². The minimum absolute atomic E-state index is 0.0865. The number of halogens is 2. The van der Waals surface area contributed by atoms with Crippen molar-refractivity contribution in [2.45, 2.75) is 19.9 Å². The molecule has 1 aromatic rings. The molecule has 0 heterocycles. The number of ether oxygens (including phenoxy) is 1. The molecule has 0 aliphatic rings. The molecule has 0 bridgehead atoms. The van der Waals surface area contributed by atoms with Crippen LogP contribution in [0.5, 0.6) is 5.75 Å². The highest BCUT2D eigenvalue weighted by atomic mass is 79.9. The highest BCUT2D eigenvalue weighted by molar-refractivity contribution is 9.09. The molecular formula is C13H17BrFNO2. The zero-order valence-electron chi connectivity index (χ0n) is 10.7. The lowest BCUT2D eigenvalue weighted by molar-refractivity contribution is 0.0719. The first-order valence-corrected chi connectivity index (χ1v) is 6.83. The maximum Gasteiger partial charge on any atom is 0.254 e. The van der Waals surface area contributed by atoms with Crippen molar-refractivity contribution in [3.8, 4) is 5.75 Å². The van der Waals surface area contributed by atoms with Gasteiger partial charge in [-0.25, -0.2) is 4.39 Å². The van der Waals surface area contributed by atoms with Gasteiger partial charge < -0.3 is 9.64 Å². The van der Waals surface area contributed by atoms with Gasteiger partial charge in [-0.05, 0) is 32.0 Å². The van der Waals surface area contributed by atoms with E-state index in [1.165, 1.54) is 25.3 Å². The Morgan fingerprint density at radius 3 is 2.67 bits per heavy atom. The lowest BCUT2D eigenvalue weighted by atomic mass is 10.1. The van der Waals surface area contributed by atoms with E-state index in [1.807, 2.05) is 13.8 Å². The predicted octanol–water partition coefficient (Wildman–Crippen LogP) is 3.08. The van der Waals surface area contributed by atoms with Gasteiger partial charge in [-0.15, -0.1) is 0 Å². The molecule has 0 aliphatic heterocycles. The van der Waals surface area contributed by atoms with Gasteiger partial charge in [-0.3, -0.25) is 4.79 Å². The Balaban J connectivity index is 3.01. The van der Waals surface area contributed by atoms with E-state index in [1.54, 1.807) is 4.90 Å². The molecule has 18 heavy (non-hydrogen) atoms. The minimum Gasteiger partial charge on any atom is -0.494 e. The van der Waals surface area contributed by atoms with Crippen LogP contribution in [0.15, 0.2) is 18.2 Å². The smallest absolute Gasteiger partial charge is 0.254 e. The fourth-order valence-corrected chi connectivity index (χ4v) is 2.03. The van der Waals surface area contributed by atoms with Crippen molar-refractivity contribution >= 4 is 21.8 Å². The van der Waals surface area contributed by atoms with Crippen molar-refractivity contribution in [2.24, 2.45) is 0 Å². The summed E-state index contributed by atoms with van der Waals surface area (Å²) in [6.45, 7) is 4.50. The summed E-state index contributed by atoms with van der Waals surface area (Å²) >= 11 is 3.32. The van der Waals surface area contributed by atoms with Crippen molar-refractivity contribution < 1.29 is 13.9 Å². The Morgan fingerprint density at radius 2 is 2.17 bits per heavy atom. The summed E-state index contributed by atoms with van der Waals surface area (Å²) in [6, 6.07) is 4.25. The summed E-state index contributed by atoms with van der Waals surface area (Å²) in [5.74, 6) is -0.503. The summed E-state index contributed by atoms with van der Waals surface area (Å²) in [7, 11) is 1.38. The van der Waals surface area contributed by atoms with Crippen LogP contribution in [0.4, 0.5) is 4.39 Å². The second-order valence-corrected chi connectivity index (χ2v) is 4.92. The average molecular weight is 318 g/mol. The molecule has 1 aromatic carbocycles. The van der Waals surface area contributed by atoms with Crippen molar-refractivity contribution in [1.82, 2.24) is 4.90 Å². The first-order valence-electron chi connectivity index (χ1n) is 5.71. The van der Waals surface area contributed by atoms with Gasteiger partial charge in [0.1, 0.15) is 0 Å². The Labute approximate surface area is 115 Å². The standard InChI is InChI=1S/C13H17BrFNO2/c1-9(2)16(7-6-14)13(17)10-4-5-11(15)12(8-10)18-3/h4-5,8-9H,6-7H2,1-3H3. The molecule has 5 heteroatoms. The van der Waals surface area contributed by atoms with Crippen LogP contribution in [0.2, 0.25) is 0 Å². The van der Waals surface area contributed by atoms with E-state index in [0.29, 0.717) is 17.4 Å². The van der Waals surface area contributed by atoms with Crippen LogP contribution in [0.25, 0.3) is 0 Å². The van der Waals surface area contributed by atoms with Gasteiger partial charge >= 0.3 is 0 Å². The maximum absolute atomic E-state index is 13.3. The van der Waals surface area contributed by atoms with Crippen LogP contribution in [0.1, 0.15) is 24.2 Å². The predicted molar refractivity (Wildman–Crippen MR) is 72.9 cm³/mol. The van der Waals surface area contributed by atoms with Crippen LogP contribution in [0.3, 0.4) is 0 Å². The summed E-state index contributed by atoms with van der Waals surface area (Å²) in [6.07, 6.45) is 0. The van der Waals surface area contributed by atoms with E-state index in [2.05, 4.69) is 15.9 Å². The number of nitrogens with zero attached hydrogens (tertiary/aromatic N) is 1. The molecular weight excluding hydrogens is 301 g/mol. The number of hydrogen-bond acceptors (Lipinski definition) is 2. The highest BCUT2D eigenvalue weighted by Gasteiger charge is 2.19. The van der Waals surface area contributed by atoms with Gasteiger partial charge in [-0.2, -0.15) is 0 Å². The number of benzene rings is 1. The van der Waals surface area contributed by atoms with E-state index >= 15 is 0 Å². The van der Waals surface area contributed by atoms with Crippen molar-refractivity contribution in [3.05, 3.63) is 29.6 Å². The van der Waals surface area contributed by atoms with E-state index in [9.17, 15) is 9.18 Å². The van der Waals surface area contributed by atoms with Crippen LogP contribution in [-0.4, -0.2) is 35.8 Å². The molecule has 0 saturated carbocycles. The summed E-state index contributed by atoms with van der Waals surface area (Å²) < 4.78 is 18.2. The summed E-state index contributed by atoms with van der Waals surface area (Å²) in [5, 5.41) is 0.704. The first-order chi connectivity index (χ1) is 8.51. The number of alkyl halides is 1. The van der Waals surface area contributed by atoms with Crippen LogP contribution >= 0.6 is 15.9 Å². The molecule has 0 aliphatic carbocycles. The topological polar surface area (TPSA) is 29.5 Å². The Morgan fingerprint density at radius 1 is 1.50 bits per heavy atom. The lowest BCUT2D eigenvalue weighted by Gasteiger charge is -2.26. The number of carbonyl (C=O) groups excluding carboxylic acids is 1. The molecule has 0 unspecified atom stereocenters. The summed E-state index contributed by atoms with van der Waals surface area (Å²) in [4.78, 5) is 14.0. The monoisotopic (exact) mass is 317 g/mol. The Bertz CT molecular complexity index is 423. The largest absolute Gasteiger partial charge is 0.494 e. The maximum atomic E-state index is 13.3. The molecule has 0 aromatic heterocycles. The molecule has 3 nitrogen and oxygen atoms in total. The van der Waals surface area contributed by atoms with E-state index in [-0.39, 0.29) is 17.7 Å². The number of methoxy groups -OCH3 is 1. The number of rotatable bonds is 5. The lowest BCUT2D eigenvalue weighted by Crippen LogP contribution is -2.38. The molecule has 100 valence electrons. The quantitative estimate of drug-likeness (QED) is 0.781. The van der Waals surface area contributed by atoms with Gasteiger partial charge in [-0.1, -0.05) is 15.9 Å². The zero-order chi connectivity index (χ0) is 13.7. The van der Waals surface area contributed by atoms with E-state index in [4.69, 9.17) is 4.74 Å². The Hall–Kier alpha value is -1.10. The second kappa shape index (κ2) is 6.73. The normalized spacial score (nSPS) is 10.6. The number of amides is 1. The van der Waals surface area contributed by atoms with Crippen molar-refractivity contribution in [1.29, 1.82) is 0 Å². The van der Waals surface area contributed by atoms with Gasteiger partial charge in [0.15, 0.2) is 11.6 Å². The molecule has 1 rings (SSSR count). The first kappa shape index (κ1) is 15.0. The third-order valence-electron chi connectivity index (χ3n) is 2.61. The number of hydrogen-bond donors (Lipinski definition) is 0.